The van der Waals surface area contributed by atoms with E-state index in [1.165, 1.54) is 0 Å². The van der Waals surface area contributed by atoms with Gasteiger partial charge in [0, 0.05) is 12.4 Å². The molecule has 4 aromatic heterocycles. The van der Waals surface area contributed by atoms with Crippen molar-refractivity contribution in [2.75, 3.05) is 5.32 Å². The Balaban J connectivity index is 1.53. The average molecular weight is 337 g/mol. The molecule has 0 saturated heterocycles. The molecule has 8 nitrogen and oxygen atoms in total. The van der Waals surface area contributed by atoms with Crippen LogP contribution in [0.25, 0.3) is 11.1 Å². The van der Waals surface area contributed by atoms with Crippen LogP contribution >= 0.6 is 0 Å². The number of carbonyl (C=O) groups is 1. The molecule has 1 amide bonds. The Bertz CT molecular complexity index is 1050. The second-order valence-electron chi connectivity index (χ2n) is 5.63. The van der Waals surface area contributed by atoms with Gasteiger partial charge in [0.25, 0.3) is 5.91 Å². The quantitative estimate of drug-likeness (QED) is 0.615. The molecule has 0 fully saturated rings. The monoisotopic (exact) mass is 337 g/mol. The number of anilines is 1. The van der Waals surface area contributed by atoms with Crippen LogP contribution in [-0.2, 0) is 6.54 Å². The summed E-state index contributed by atoms with van der Waals surface area (Å²) in [5, 5.41) is 7.56. The number of fused-ring (bicyclic) bond motifs is 1. The second kappa shape index (κ2) is 5.90. The van der Waals surface area contributed by atoms with Crippen LogP contribution in [0.2, 0.25) is 0 Å². The third-order valence-electron chi connectivity index (χ3n) is 3.69. The molecular weight excluding hydrogens is 322 g/mol. The normalized spacial score (nSPS) is 11.1. The molecule has 0 saturated carbocycles. The Morgan fingerprint density at radius 3 is 2.92 bits per heavy atom. The van der Waals surface area contributed by atoms with Gasteiger partial charge in [0.2, 0.25) is 11.7 Å². The van der Waals surface area contributed by atoms with Crippen molar-refractivity contribution < 1.29 is 13.6 Å². The molecular formula is C17H15N5O3. The van der Waals surface area contributed by atoms with Gasteiger partial charge in [-0.05, 0) is 38.1 Å². The molecule has 0 aromatic carbocycles. The minimum Gasteiger partial charge on any atom is -0.454 e. The van der Waals surface area contributed by atoms with E-state index >= 15 is 0 Å². The van der Waals surface area contributed by atoms with Crippen LogP contribution in [-0.4, -0.2) is 25.7 Å². The number of nitrogens with one attached hydrogen (secondary N) is 1. The van der Waals surface area contributed by atoms with Gasteiger partial charge in [-0.1, -0.05) is 0 Å². The van der Waals surface area contributed by atoms with Crippen LogP contribution in [0, 0.1) is 13.8 Å². The number of carbonyl (C=O) groups excluding carboxylic acids is 1. The summed E-state index contributed by atoms with van der Waals surface area (Å²) < 4.78 is 12.8. The van der Waals surface area contributed by atoms with Crippen LogP contribution < -0.4 is 5.32 Å². The van der Waals surface area contributed by atoms with Gasteiger partial charge >= 0.3 is 0 Å². The van der Waals surface area contributed by atoms with Crippen molar-refractivity contribution in [3.05, 3.63) is 59.6 Å². The molecule has 126 valence electrons. The molecule has 0 bridgehead atoms. The molecule has 0 aliphatic carbocycles. The summed E-state index contributed by atoms with van der Waals surface area (Å²) in [5.74, 6) is 1.30. The SMILES string of the molecule is Cc1cc2c(C)nc(NC(=O)c3ccc(Cn4cccn4)o3)nc2o1. The maximum atomic E-state index is 12.3. The van der Waals surface area contributed by atoms with E-state index < -0.39 is 5.91 Å². The van der Waals surface area contributed by atoms with Gasteiger partial charge in [0.1, 0.15) is 11.5 Å². The predicted octanol–water partition coefficient (Wildman–Crippen LogP) is 2.93. The van der Waals surface area contributed by atoms with Gasteiger partial charge in [-0.3, -0.25) is 14.8 Å². The van der Waals surface area contributed by atoms with E-state index in [-0.39, 0.29) is 11.7 Å². The summed E-state index contributed by atoms with van der Waals surface area (Å²) in [6, 6.07) is 7.03. The lowest BCUT2D eigenvalue weighted by Crippen LogP contribution is -2.13. The Hall–Kier alpha value is -3.42. The van der Waals surface area contributed by atoms with Gasteiger partial charge in [-0.15, -0.1) is 0 Å². The smallest absolute Gasteiger partial charge is 0.293 e. The number of hydrogen-bond donors (Lipinski definition) is 1. The molecule has 0 aliphatic rings. The predicted molar refractivity (Wildman–Crippen MR) is 89.3 cm³/mol. The minimum atomic E-state index is -0.422. The zero-order valence-electron chi connectivity index (χ0n) is 13.7. The zero-order chi connectivity index (χ0) is 17.4. The molecule has 0 radical (unpaired) electrons. The first-order valence-corrected chi connectivity index (χ1v) is 7.71. The number of furan rings is 2. The number of rotatable bonds is 4. The number of aryl methyl sites for hydroxylation is 2. The molecule has 0 unspecified atom stereocenters. The highest BCUT2D eigenvalue weighted by atomic mass is 16.4. The van der Waals surface area contributed by atoms with E-state index in [1.807, 2.05) is 32.2 Å². The molecule has 25 heavy (non-hydrogen) atoms. The molecule has 4 heterocycles. The second-order valence-corrected chi connectivity index (χ2v) is 5.63. The van der Waals surface area contributed by atoms with Crippen LogP contribution in [0.5, 0.6) is 0 Å². The number of hydrogen-bond acceptors (Lipinski definition) is 6. The van der Waals surface area contributed by atoms with E-state index in [1.54, 1.807) is 23.0 Å². The molecule has 0 aliphatic heterocycles. The zero-order valence-corrected chi connectivity index (χ0v) is 13.7. The summed E-state index contributed by atoms with van der Waals surface area (Å²) in [6.07, 6.45) is 3.50. The van der Waals surface area contributed by atoms with Crippen molar-refractivity contribution in [1.29, 1.82) is 0 Å². The summed E-state index contributed by atoms with van der Waals surface area (Å²) in [7, 11) is 0. The maximum absolute atomic E-state index is 12.3. The van der Waals surface area contributed by atoms with Crippen molar-refractivity contribution >= 4 is 23.0 Å². The largest absolute Gasteiger partial charge is 0.454 e. The topological polar surface area (TPSA) is 99.0 Å². The minimum absolute atomic E-state index is 0.175. The number of nitrogens with zero attached hydrogens (tertiary/aromatic N) is 4. The summed E-state index contributed by atoms with van der Waals surface area (Å²) >= 11 is 0. The molecule has 4 rings (SSSR count). The van der Waals surface area contributed by atoms with Crippen LogP contribution in [0.15, 0.2) is 45.5 Å². The summed E-state index contributed by atoms with van der Waals surface area (Å²) in [5.41, 5.74) is 1.18. The highest BCUT2D eigenvalue weighted by Gasteiger charge is 2.15. The molecule has 1 N–H and O–H groups in total. The van der Waals surface area contributed by atoms with Crippen LogP contribution in [0.1, 0.15) is 27.8 Å². The Labute approximate surface area is 142 Å². The Morgan fingerprint density at radius 1 is 1.24 bits per heavy atom. The average Bonchev–Trinajstić information content (AvgIpc) is 3.28. The van der Waals surface area contributed by atoms with Crippen molar-refractivity contribution in [3.63, 3.8) is 0 Å². The van der Waals surface area contributed by atoms with E-state index in [9.17, 15) is 4.79 Å². The fourth-order valence-electron chi connectivity index (χ4n) is 2.54. The van der Waals surface area contributed by atoms with Gasteiger partial charge < -0.3 is 8.83 Å². The molecule has 8 heteroatoms. The van der Waals surface area contributed by atoms with E-state index in [2.05, 4.69) is 20.4 Å². The van der Waals surface area contributed by atoms with Crippen LogP contribution in [0.3, 0.4) is 0 Å². The first kappa shape index (κ1) is 15.1. The standard InChI is InChI=1S/C17H15N5O3/c1-10-8-13-11(2)19-17(21-16(13)24-10)20-15(23)14-5-4-12(25-14)9-22-7-3-6-18-22/h3-8H,9H2,1-2H3,(H,19,20,21,23). The van der Waals surface area contributed by atoms with Gasteiger partial charge in [-0.25, -0.2) is 4.98 Å². The highest BCUT2D eigenvalue weighted by molar-refractivity contribution is 6.01. The summed E-state index contributed by atoms with van der Waals surface area (Å²) in [4.78, 5) is 20.9. The molecule has 0 atom stereocenters. The van der Waals surface area contributed by atoms with E-state index in [0.29, 0.717) is 18.0 Å². The fraction of sp³-hybridized carbons (Fsp3) is 0.176. The summed E-state index contributed by atoms with van der Waals surface area (Å²) in [6.45, 7) is 4.13. The lowest BCUT2D eigenvalue weighted by atomic mass is 10.3. The third-order valence-corrected chi connectivity index (χ3v) is 3.69. The first-order chi connectivity index (χ1) is 12.1. The Morgan fingerprint density at radius 2 is 2.12 bits per heavy atom. The lowest BCUT2D eigenvalue weighted by Gasteiger charge is -2.03. The maximum Gasteiger partial charge on any atom is 0.293 e. The highest BCUT2D eigenvalue weighted by Crippen LogP contribution is 2.21. The van der Waals surface area contributed by atoms with Gasteiger partial charge in [-0.2, -0.15) is 10.1 Å². The van der Waals surface area contributed by atoms with Crippen molar-refractivity contribution in [2.24, 2.45) is 0 Å². The Kier molecular flexibility index (Phi) is 3.57. The first-order valence-electron chi connectivity index (χ1n) is 7.71. The molecule has 4 aromatic rings. The lowest BCUT2D eigenvalue weighted by molar-refractivity contribution is 0.0994. The van der Waals surface area contributed by atoms with Gasteiger partial charge in [0.15, 0.2) is 5.76 Å². The van der Waals surface area contributed by atoms with Gasteiger partial charge in [0.05, 0.1) is 17.6 Å². The third kappa shape index (κ3) is 3.01. The van der Waals surface area contributed by atoms with Crippen molar-refractivity contribution in [2.45, 2.75) is 20.4 Å². The van der Waals surface area contributed by atoms with E-state index in [4.69, 9.17) is 8.83 Å². The van der Waals surface area contributed by atoms with Crippen molar-refractivity contribution in [1.82, 2.24) is 19.7 Å². The van der Waals surface area contributed by atoms with Crippen molar-refractivity contribution in [3.8, 4) is 0 Å². The number of amides is 1. The number of aromatic nitrogens is 4. The molecule has 0 spiro atoms. The van der Waals surface area contributed by atoms with E-state index in [0.717, 1.165) is 16.8 Å². The van der Waals surface area contributed by atoms with Crippen LogP contribution in [0.4, 0.5) is 5.95 Å². The fourth-order valence-corrected chi connectivity index (χ4v) is 2.54.